The van der Waals surface area contributed by atoms with Gasteiger partial charge >= 0.3 is 0 Å². The third-order valence-electron chi connectivity index (χ3n) is 2.93. The van der Waals surface area contributed by atoms with Crippen molar-refractivity contribution in [3.63, 3.8) is 0 Å². The molecule has 0 radical (unpaired) electrons. The number of hydrogen-bond donors (Lipinski definition) is 0. The topological polar surface area (TPSA) is 20.3 Å². The summed E-state index contributed by atoms with van der Waals surface area (Å²) in [6.45, 7) is 6.19. The highest BCUT2D eigenvalue weighted by atomic mass is 35.5. The van der Waals surface area contributed by atoms with E-state index in [1.165, 1.54) is 5.56 Å². The van der Waals surface area contributed by atoms with Crippen LogP contribution in [0.4, 0.5) is 0 Å². The van der Waals surface area contributed by atoms with Gasteiger partial charge in [0.15, 0.2) is 0 Å². The predicted octanol–water partition coefficient (Wildman–Crippen LogP) is 3.41. The number of amides is 1. The number of likely N-dealkylation sites (tertiary alicyclic amines) is 1. The third-order valence-corrected chi connectivity index (χ3v) is 3.18. The van der Waals surface area contributed by atoms with Crippen LogP contribution in [0.25, 0.3) is 0 Å². The molecule has 0 aliphatic carbocycles. The number of hydrogen-bond acceptors (Lipinski definition) is 1. The van der Waals surface area contributed by atoms with Crippen molar-refractivity contribution in [2.75, 3.05) is 0 Å². The van der Waals surface area contributed by atoms with Crippen LogP contribution in [0.2, 0.25) is 5.02 Å². The van der Waals surface area contributed by atoms with Crippen LogP contribution < -0.4 is 0 Å². The highest BCUT2D eigenvalue weighted by Crippen LogP contribution is 2.40. The van der Waals surface area contributed by atoms with Gasteiger partial charge in [0.05, 0.1) is 12.5 Å². The number of rotatable bonds is 1. The van der Waals surface area contributed by atoms with E-state index in [2.05, 4.69) is 20.8 Å². The number of β-lactam (4-membered cyclic amide) rings is 1. The Labute approximate surface area is 101 Å². The Hall–Kier alpha value is -1.02. The summed E-state index contributed by atoms with van der Waals surface area (Å²) in [5.74, 6) is 0.229. The van der Waals surface area contributed by atoms with Crippen molar-refractivity contribution in [2.24, 2.45) is 0 Å². The summed E-state index contributed by atoms with van der Waals surface area (Å²) in [4.78, 5) is 13.6. The molecule has 2 rings (SSSR count). The fourth-order valence-corrected chi connectivity index (χ4v) is 2.34. The second-order valence-corrected chi connectivity index (χ2v) is 5.64. The molecule has 2 nitrogen and oxygen atoms in total. The summed E-state index contributed by atoms with van der Waals surface area (Å²) in [5, 5.41) is 0.733. The molecular formula is C13H16ClNO. The molecule has 0 bridgehead atoms. The SMILES string of the molecule is CC(C)(C)N1C(=O)CC1c1ccc(Cl)cc1. The lowest BCUT2D eigenvalue weighted by molar-refractivity contribution is -0.154. The normalized spacial score (nSPS) is 20.9. The average molecular weight is 238 g/mol. The van der Waals surface area contributed by atoms with Gasteiger partial charge < -0.3 is 4.90 Å². The van der Waals surface area contributed by atoms with Crippen molar-refractivity contribution in [3.05, 3.63) is 34.9 Å². The molecule has 0 N–H and O–H groups in total. The quantitative estimate of drug-likeness (QED) is 0.686. The van der Waals surface area contributed by atoms with Gasteiger partial charge in [0, 0.05) is 10.6 Å². The van der Waals surface area contributed by atoms with Crippen molar-refractivity contribution in [2.45, 2.75) is 38.8 Å². The first-order valence-electron chi connectivity index (χ1n) is 5.47. The molecule has 1 atom stereocenters. The Kier molecular flexibility index (Phi) is 2.70. The van der Waals surface area contributed by atoms with Crippen LogP contribution in [-0.2, 0) is 4.79 Å². The van der Waals surface area contributed by atoms with E-state index in [9.17, 15) is 4.79 Å². The molecule has 1 unspecified atom stereocenters. The molecule has 86 valence electrons. The van der Waals surface area contributed by atoms with Crippen molar-refractivity contribution >= 4 is 17.5 Å². The molecule has 0 aromatic heterocycles. The van der Waals surface area contributed by atoms with E-state index in [1.807, 2.05) is 29.2 Å². The Bertz CT molecular complexity index is 405. The lowest BCUT2D eigenvalue weighted by Gasteiger charge is -2.49. The van der Waals surface area contributed by atoms with E-state index in [1.54, 1.807) is 0 Å². The molecule has 3 heteroatoms. The zero-order chi connectivity index (χ0) is 11.9. The zero-order valence-electron chi connectivity index (χ0n) is 9.83. The Balaban J connectivity index is 2.23. The van der Waals surface area contributed by atoms with Gasteiger partial charge in [-0.1, -0.05) is 23.7 Å². The fraction of sp³-hybridized carbons (Fsp3) is 0.462. The number of carbonyl (C=O) groups excluding carboxylic acids is 1. The second kappa shape index (κ2) is 3.77. The number of carbonyl (C=O) groups is 1. The number of nitrogens with zero attached hydrogens (tertiary/aromatic N) is 1. The third kappa shape index (κ3) is 1.94. The highest BCUT2D eigenvalue weighted by Gasteiger charge is 2.43. The van der Waals surface area contributed by atoms with Gasteiger partial charge in [0.25, 0.3) is 0 Å². The molecule has 0 saturated carbocycles. The fourth-order valence-electron chi connectivity index (χ4n) is 2.21. The second-order valence-electron chi connectivity index (χ2n) is 5.21. The molecular weight excluding hydrogens is 222 g/mol. The summed E-state index contributed by atoms with van der Waals surface area (Å²) in [6, 6.07) is 7.96. The molecule has 1 aromatic carbocycles. The summed E-state index contributed by atoms with van der Waals surface area (Å²) in [5.41, 5.74) is 1.05. The monoisotopic (exact) mass is 237 g/mol. The minimum Gasteiger partial charge on any atom is -0.330 e. The van der Waals surface area contributed by atoms with Gasteiger partial charge in [-0.25, -0.2) is 0 Å². The van der Waals surface area contributed by atoms with Gasteiger partial charge in [-0.05, 0) is 38.5 Å². The lowest BCUT2D eigenvalue weighted by atomic mass is 9.88. The number of halogens is 1. The highest BCUT2D eigenvalue weighted by molar-refractivity contribution is 6.30. The van der Waals surface area contributed by atoms with Gasteiger partial charge in [0.1, 0.15) is 0 Å². The zero-order valence-corrected chi connectivity index (χ0v) is 10.6. The smallest absolute Gasteiger partial charge is 0.225 e. The average Bonchev–Trinajstić information content (AvgIpc) is 2.13. The first-order chi connectivity index (χ1) is 7.39. The van der Waals surface area contributed by atoms with Crippen LogP contribution in [-0.4, -0.2) is 16.3 Å². The Morgan fingerprint density at radius 3 is 2.25 bits per heavy atom. The summed E-state index contributed by atoms with van der Waals surface area (Å²) in [6.07, 6.45) is 0.610. The van der Waals surface area contributed by atoms with E-state index < -0.39 is 0 Å². The van der Waals surface area contributed by atoms with Crippen LogP contribution in [0.3, 0.4) is 0 Å². The standard InChI is InChI=1S/C13H16ClNO/c1-13(2,3)15-11(8-12(15)16)9-4-6-10(14)7-5-9/h4-7,11H,8H2,1-3H3. The molecule has 16 heavy (non-hydrogen) atoms. The van der Waals surface area contributed by atoms with E-state index in [0.717, 1.165) is 5.02 Å². The van der Waals surface area contributed by atoms with Crippen LogP contribution in [0.1, 0.15) is 38.8 Å². The van der Waals surface area contributed by atoms with Gasteiger partial charge in [-0.3, -0.25) is 4.79 Å². The maximum absolute atomic E-state index is 11.6. The van der Waals surface area contributed by atoms with Crippen molar-refractivity contribution in [1.82, 2.24) is 4.90 Å². The maximum Gasteiger partial charge on any atom is 0.225 e. The molecule has 0 spiro atoms. The van der Waals surface area contributed by atoms with Crippen molar-refractivity contribution in [3.8, 4) is 0 Å². The van der Waals surface area contributed by atoms with Crippen molar-refractivity contribution < 1.29 is 4.79 Å². The van der Waals surface area contributed by atoms with Crippen LogP contribution in [0.5, 0.6) is 0 Å². The minimum atomic E-state index is -0.111. The largest absolute Gasteiger partial charge is 0.330 e. The first kappa shape index (κ1) is 11.5. The summed E-state index contributed by atoms with van der Waals surface area (Å²) < 4.78 is 0. The predicted molar refractivity (Wildman–Crippen MR) is 65.4 cm³/mol. The van der Waals surface area contributed by atoms with Crippen molar-refractivity contribution in [1.29, 1.82) is 0 Å². The molecule has 1 aliphatic heterocycles. The van der Waals surface area contributed by atoms with Crippen LogP contribution in [0.15, 0.2) is 24.3 Å². The molecule has 1 fully saturated rings. The summed E-state index contributed by atoms with van der Waals surface area (Å²) >= 11 is 5.85. The Morgan fingerprint density at radius 1 is 1.25 bits per heavy atom. The van der Waals surface area contributed by atoms with E-state index in [0.29, 0.717) is 6.42 Å². The van der Waals surface area contributed by atoms with Gasteiger partial charge in [0.2, 0.25) is 5.91 Å². The van der Waals surface area contributed by atoms with E-state index >= 15 is 0 Å². The minimum absolute atomic E-state index is 0.111. The lowest BCUT2D eigenvalue weighted by Crippen LogP contribution is -2.56. The van der Waals surface area contributed by atoms with E-state index in [-0.39, 0.29) is 17.5 Å². The molecule has 1 amide bonds. The van der Waals surface area contributed by atoms with Gasteiger partial charge in [-0.15, -0.1) is 0 Å². The van der Waals surface area contributed by atoms with Crippen LogP contribution >= 0.6 is 11.6 Å². The Morgan fingerprint density at radius 2 is 1.81 bits per heavy atom. The molecule has 1 saturated heterocycles. The number of benzene rings is 1. The first-order valence-corrected chi connectivity index (χ1v) is 5.85. The van der Waals surface area contributed by atoms with E-state index in [4.69, 9.17) is 11.6 Å². The molecule has 1 heterocycles. The van der Waals surface area contributed by atoms with Crippen LogP contribution in [0, 0.1) is 0 Å². The molecule has 1 aliphatic rings. The summed E-state index contributed by atoms with van der Waals surface area (Å²) in [7, 11) is 0. The maximum atomic E-state index is 11.6. The van der Waals surface area contributed by atoms with Gasteiger partial charge in [-0.2, -0.15) is 0 Å². The molecule has 1 aromatic rings.